The highest BCUT2D eigenvalue weighted by Gasteiger charge is 2.40. The highest BCUT2D eigenvalue weighted by atomic mass is 19.4. The SMILES string of the molecule is CCC(CO)NC(=O)c1cnc(N2CCC(N3C(=O)OCc4ccccc43)CC2)nc1C(F)(F)F. The Morgan fingerprint density at radius 2 is 2.00 bits per heavy atom. The molecule has 2 aliphatic heterocycles. The number of hydrogen-bond acceptors (Lipinski definition) is 7. The number of para-hydroxylation sites is 1. The van der Waals surface area contributed by atoms with Crippen molar-refractivity contribution in [2.75, 3.05) is 29.5 Å². The second kappa shape index (κ2) is 10.1. The van der Waals surface area contributed by atoms with E-state index in [2.05, 4.69) is 15.3 Å². The molecule has 0 spiro atoms. The summed E-state index contributed by atoms with van der Waals surface area (Å²) in [6, 6.07) is 6.59. The first-order chi connectivity index (χ1) is 16.7. The molecule has 2 aliphatic rings. The molecule has 0 bridgehead atoms. The maximum atomic E-state index is 13.7. The monoisotopic (exact) mass is 493 g/mol. The zero-order chi connectivity index (χ0) is 25.2. The van der Waals surface area contributed by atoms with E-state index in [1.807, 2.05) is 24.3 Å². The molecule has 1 fully saturated rings. The topological polar surface area (TPSA) is 108 Å². The van der Waals surface area contributed by atoms with Gasteiger partial charge in [0.2, 0.25) is 5.95 Å². The molecule has 188 valence electrons. The Labute approximate surface area is 199 Å². The summed E-state index contributed by atoms with van der Waals surface area (Å²) in [5.74, 6) is -1.13. The summed E-state index contributed by atoms with van der Waals surface area (Å²) in [4.78, 5) is 35.8. The third-order valence-electron chi connectivity index (χ3n) is 6.25. The van der Waals surface area contributed by atoms with Gasteiger partial charge in [-0.3, -0.25) is 9.69 Å². The van der Waals surface area contributed by atoms with Crippen LogP contribution >= 0.6 is 0 Å². The molecule has 1 saturated heterocycles. The number of nitrogens with zero attached hydrogens (tertiary/aromatic N) is 4. The molecule has 2 amide bonds. The molecule has 0 aliphatic carbocycles. The van der Waals surface area contributed by atoms with E-state index < -0.39 is 42.1 Å². The fourth-order valence-corrected chi connectivity index (χ4v) is 4.29. The summed E-state index contributed by atoms with van der Waals surface area (Å²) in [5, 5.41) is 11.6. The Balaban J connectivity index is 1.51. The highest BCUT2D eigenvalue weighted by Crippen LogP contribution is 2.34. The van der Waals surface area contributed by atoms with Crippen molar-refractivity contribution >= 4 is 23.6 Å². The first kappa shape index (κ1) is 24.7. The molecule has 0 saturated carbocycles. The van der Waals surface area contributed by atoms with Gasteiger partial charge in [-0.2, -0.15) is 13.2 Å². The van der Waals surface area contributed by atoms with Crippen molar-refractivity contribution in [3.8, 4) is 0 Å². The number of carbonyl (C=O) groups excluding carboxylic acids is 2. The number of carbonyl (C=O) groups is 2. The van der Waals surface area contributed by atoms with Crippen molar-refractivity contribution < 1.29 is 32.6 Å². The number of aromatic nitrogens is 2. The fourth-order valence-electron chi connectivity index (χ4n) is 4.29. The molecule has 1 atom stereocenters. The number of fused-ring (bicyclic) bond motifs is 1. The predicted molar refractivity (Wildman–Crippen MR) is 120 cm³/mol. The summed E-state index contributed by atoms with van der Waals surface area (Å²) in [6.45, 7) is 2.14. The summed E-state index contributed by atoms with van der Waals surface area (Å²) >= 11 is 0. The summed E-state index contributed by atoms with van der Waals surface area (Å²) in [5.41, 5.74) is -0.353. The molecule has 1 aromatic heterocycles. The fraction of sp³-hybridized carbons (Fsp3) is 0.478. The lowest BCUT2D eigenvalue weighted by atomic mass is 10.0. The minimum absolute atomic E-state index is 0.136. The number of aliphatic hydroxyl groups excluding tert-OH is 1. The quantitative estimate of drug-likeness (QED) is 0.637. The van der Waals surface area contributed by atoms with E-state index in [-0.39, 0.29) is 18.6 Å². The lowest BCUT2D eigenvalue weighted by Gasteiger charge is -2.40. The number of halogens is 3. The molecular weight excluding hydrogens is 467 g/mol. The maximum Gasteiger partial charge on any atom is 0.434 e. The largest absolute Gasteiger partial charge is 0.444 e. The van der Waals surface area contributed by atoms with Crippen LogP contribution in [0.1, 0.15) is 47.8 Å². The average Bonchev–Trinajstić information content (AvgIpc) is 2.86. The van der Waals surface area contributed by atoms with Gasteiger partial charge < -0.3 is 20.1 Å². The van der Waals surface area contributed by atoms with Crippen LogP contribution in [0.25, 0.3) is 0 Å². The minimum Gasteiger partial charge on any atom is -0.444 e. The number of aliphatic hydroxyl groups is 1. The van der Waals surface area contributed by atoms with Crippen molar-refractivity contribution in [2.24, 2.45) is 0 Å². The van der Waals surface area contributed by atoms with Gasteiger partial charge in [0.15, 0.2) is 5.69 Å². The van der Waals surface area contributed by atoms with E-state index in [1.54, 1.807) is 16.7 Å². The summed E-state index contributed by atoms with van der Waals surface area (Å²) in [7, 11) is 0. The predicted octanol–water partition coefficient (Wildman–Crippen LogP) is 3.12. The second-order valence-electron chi connectivity index (χ2n) is 8.46. The van der Waals surface area contributed by atoms with Gasteiger partial charge in [-0.25, -0.2) is 14.8 Å². The van der Waals surface area contributed by atoms with E-state index in [0.29, 0.717) is 32.4 Å². The lowest BCUT2D eigenvalue weighted by molar-refractivity contribution is -0.141. The van der Waals surface area contributed by atoms with Crippen molar-refractivity contribution in [3.63, 3.8) is 0 Å². The zero-order valence-corrected chi connectivity index (χ0v) is 19.1. The number of nitrogens with one attached hydrogen (secondary N) is 1. The number of amides is 2. The number of rotatable bonds is 6. The Hall–Kier alpha value is -3.41. The minimum atomic E-state index is -4.87. The molecule has 4 rings (SSSR count). The molecule has 2 N–H and O–H groups in total. The third-order valence-corrected chi connectivity index (χ3v) is 6.25. The van der Waals surface area contributed by atoms with Crippen LogP contribution in [0, 0.1) is 0 Å². The van der Waals surface area contributed by atoms with Gasteiger partial charge in [0.05, 0.1) is 23.9 Å². The number of ether oxygens (including phenoxy) is 1. The van der Waals surface area contributed by atoms with E-state index in [9.17, 15) is 27.9 Å². The molecular formula is C23H26F3N5O4. The Kier molecular flexibility index (Phi) is 7.10. The van der Waals surface area contributed by atoms with Gasteiger partial charge in [0.1, 0.15) is 6.61 Å². The number of cyclic esters (lactones) is 1. The average molecular weight is 493 g/mol. The van der Waals surface area contributed by atoms with Gasteiger partial charge in [-0.15, -0.1) is 0 Å². The van der Waals surface area contributed by atoms with Crippen LogP contribution in [0.15, 0.2) is 30.5 Å². The van der Waals surface area contributed by atoms with Crippen molar-refractivity contribution in [1.29, 1.82) is 0 Å². The zero-order valence-electron chi connectivity index (χ0n) is 19.1. The Morgan fingerprint density at radius 3 is 2.66 bits per heavy atom. The van der Waals surface area contributed by atoms with Crippen LogP contribution in [-0.4, -0.2) is 58.9 Å². The first-order valence-electron chi connectivity index (χ1n) is 11.4. The number of hydrogen-bond donors (Lipinski definition) is 2. The number of anilines is 2. The van der Waals surface area contributed by atoms with Crippen LogP contribution < -0.4 is 15.1 Å². The molecule has 0 radical (unpaired) electrons. The van der Waals surface area contributed by atoms with Crippen molar-refractivity contribution in [2.45, 2.75) is 51.1 Å². The standard InChI is InChI=1S/C23H26F3N5O4/c1-2-15(12-32)28-20(33)17-11-27-21(29-19(17)23(24,25)26)30-9-7-16(8-10-30)31-18-6-4-3-5-14(18)13-35-22(31)34/h3-6,11,15-16,32H,2,7-10,12-13H2,1H3,(H,28,33). The van der Waals surface area contributed by atoms with Gasteiger partial charge in [-0.1, -0.05) is 25.1 Å². The number of benzene rings is 1. The summed E-state index contributed by atoms with van der Waals surface area (Å²) in [6.07, 6.45) is -3.14. The van der Waals surface area contributed by atoms with E-state index in [4.69, 9.17) is 4.74 Å². The van der Waals surface area contributed by atoms with Crippen LogP contribution in [-0.2, 0) is 17.5 Å². The van der Waals surface area contributed by atoms with Gasteiger partial charge >= 0.3 is 12.3 Å². The van der Waals surface area contributed by atoms with Crippen LogP contribution in [0.5, 0.6) is 0 Å². The van der Waals surface area contributed by atoms with Gasteiger partial charge in [-0.05, 0) is 25.3 Å². The Bertz CT molecular complexity index is 1090. The van der Waals surface area contributed by atoms with Crippen molar-refractivity contribution in [1.82, 2.24) is 15.3 Å². The molecule has 35 heavy (non-hydrogen) atoms. The third kappa shape index (κ3) is 5.16. The van der Waals surface area contributed by atoms with Crippen LogP contribution in [0.2, 0.25) is 0 Å². The van der Waals surface area contributed by atoms with Gasteiger partial charge in [0, 0.05) is 30.9 Å². The summed E-state index contributed by atoms with van der Waals surface area (Å²) < 4.78 is 46.5. The number of alkyl halides is 3. The molecule has 9 nitrogen and oxygen atoms in total. The van der Waals surface area contributed by atoms with E-state index >= 15 is 0 Å². The van der Waals surface area contributed by atoms with Crippen LogP contribution in [0.4, 0.5) is 29.6 Å². The van der Waals surface area contributed by atoms with Gasteiger partial charge in [0.25, 0.3) is 5.91 Å². The molecule has 1 aromatic carbocycles. The second-order valence-corrected chi connectivity index (χ2v) is 8.46. The maximum absolute atomic E-state index is 13.7. The molecule has 3 heterocycles. The van der Waals surface area contributed by atoms with Crippen LogP contribution in [0.3, 0.4) is 0 Å². The normalized spacial score (nSPS) is 17.6. The highest BCUT2D eigenvalue weighted by molar-refractivity contribution is 5.95. The molecule has 1 unspecified atom stereocenters. The molecule has 2 aromatic rings. The number of piperidine rings is 1. The lowest BCUT2D eigenvalue weighted by Crippen LogP contribution is -2.49. The smallest absolute Gasteiger partial charge is 0.434 e. The Morgan fingerprint density at radius 1 is 1.29 bits per heavy atom. The van der Waals surface area contributed by atoms with E-state index in [0.717, 1.165) is 17.4 Å². The van der Waals surface area contributed by atoms with Crippen molar-refractivity contribution in [3.05, 3.63) is 47.3 Å². The first-order valence-corrected chi connectivity index (χ1v) is 11.4. The molecule has 12 heteroatoms. The van der Waals surface area contributed by atoms with E-state index in [1.165, 1.54) is 0 Å².